The summed E-state index contributed by atoms with van der Waals surface area (Å²) in [6.07, 6.45) is 5.32. The molecular weight excluding hydrogens is 290 g/mol. The van der Waals surface area contributed by atoms with Gasteiger partial charge in [0.1, 0.15) is 11.2 Å². The number of ether oxygens (including phenoxy) is 1. The number of esters is 1. The molecule has 1 atom stereocenters. The second-order valence-electron chi connectivity index (χ2n) is 6.65. The van der Waals surface area contributed by atoms with E-state index >= 15 is 0 Å². The molecule has 0 spiro atoms. The number of benzene rings is 1. The molecule has 1 aromatic carbocycles. The molecule has 118 valence electrons. The highest BCUT2D eigenvalue weighted by Gasteiger charge is 2.44. The maximum Gasteiger partial charge on any atom is 0.345 e. The quantitative estimate of drug-likeness (QED) is 0.815. The third kappa shape index (κ3) is 2.38. The van der Waals surface area contributed by atoms with Crippen molar-refractivity contribution in [1.82, 2.24) is 4.57 Å². The molecule has 2 heterocycles. The van der Waals surface area contributed by atoms with Crippen molar-refractivity contribution in [3.63, 3.8) is 0 Å². The summed E-state index contributed by atoms with van der Waals surface area (Å²) in [5.41, 5.74) is 1.25. The first kappa shape index (κ1) is 14.2. The second-order valence-corrected chi connectivity index (χ2v) is 6.65. The van der Waals surface area contributed by atoms with Gasteiger partial charge in [0.2, 0.25) is 0 Å². The Labute approximate surface area is 134 Å². The number of nitrogens with zero attached hydrogens (tertiary/aromatic N) is 1. The molecule has 0 radical (unpaired) electrons. The molecule has 2 aliphatic rings. The van der Waals surface area contributed by atoms with Crippen LogP contribution in [0.2, 0.25) is 0 Å². The maximum atomic E-state index is 12.6. The summed E-state index contributed by atoms with van der Waals surface area (Å²) in [7, 11) is 0. The predicted octanol–water partition coefficient (Wildman–Crippen LogP) is 3.20. The number of rotatable bonds is 4. The normalized spacial score (nSPS) is 22.7. The zero-order valence-electron chi connectivity index (χ0n) is 13.1. The van der Waals surface area contributed by atoms with E-state index in [4.69, 9.17) is 4.74 Å². The molecule has 2 aromatic rings. The lowest BCUT2D eigenvalue weighted by atomic mass is 9.89. The Balaban J connectivity index is 1.66. The van der Waals surface area contributed by atoms with E-state index in [1.165, 1.54) is 5.56 Å². The first-order chi connectivity index (χ1) is 11.1. The van der Waals surface area contributed by atoms with Crippen molar-refractivity contribution in [1.29, 1.82) is 0 Å². The molecule has 1 unspecified atom stereocenters. The van der Waals surface area contributed by atoms with Crippen LogP contribution in [0.3, 0.4) is 0 Å². The van der Waals surface area contributed by atoms with Crippen molar-refractivity contribution in [2.24, 2.45) is 0 Å². The molecule has 4 heteroatoms. The van der Waals surface area contributed by atoms with Crippen LogP contribution in [-0.4, -0.2) is 10.5 Å². The zero-order valence-corrected chi connectivity index (χ0v) is 13.1. The van der Waals surface area contributed by atoms with Crippen LogP contribution in [0.15, 0.2) is 47.4 Å². The largest absolute Gasteiger partial charge is 0.451 e. The Kier molecular flexibility index (Phi) is 3.15. The maximum absolute atomic E-state index is 12.6. The Morgan fingerprint density at radius 2 is 1.91 bits per heavy atom. The van der Waals surface area contributed by atoms with Crippen LogP contribution < -0.4 is 5.56 Å². The lowest BCUT2D eigenvalue weighted by Crippen LogP contribution is -2.26. The van der Waals surface area contributed by atoms with Gasteiger partial charge in [-0.1, -0.05) is 30.3 Å². The summed E-state index contributed by atoms with van der Waals surface area (Å²) < 4.78 is 7.31. The first-order valence-electron chi connectivity index (χ1n) is 8.11. The van der Waals surface area contributed by atoms with Gasteiger partial charge >= 0.3 is 5.97 Å². The molecule has 0 amide bonds. The molecule has 4 rings (SSSR count). The van der Waals surface area contributed by atoms with Crippen molar-refractivity contribution < 1.29 is 9.53 Å². The van der Waals surface area contributed by atoms with Gasteiger partial charge in [0.05, 0.1) is 0 Å². The van der Waals surface area contributed by atoms with E-state index in [-0.39, 0.29) is 17.2 Å². The van der Waals surface area contributed by atoms with E-state index in [1.807, 2.05) is 37.4 Å². The van der Waals surface area contributed by atoms with E-state index in [1.54, 1.807) is 4.57 Å². The van der Waals surface area contributed by atoms with Gasteiger partial charge in [0.15, 0.2) is 0 Å². The molecule has 1 aliphatic heterocycles. The number of hydrogen-bond donors (Lipinski definition) is 0. The van der Waals surface area contributed by atoms with Crippen LogP contribution in [0.1, 0.15) is 53.7 Å². The monoisotopic (exact) mass is 309 g/mol. The second kappa shape index (κ2) is 5.08. The van der Waals surface area contributed by atoms with Crippen LogP contribution in [0.5, 0.6) is 0 Å². The molecule has 4 nitrogen and oxygen atoms in total. The smallest absolute Gasteiger partial charge is 0.345 e. The molecule has 1 aliphatic carbocycles. The standard InChI is InChI=1S/C19H19NO3/c1-19(11-9-13-5-3-2-4-6-13)15-10-12-20(14-7-8-14)17(21)16(15)18(22)23-19/h2-6,10,12,14H,7-9,11H2,1H3. The van der Waals surface area contributed by atoms with Gasteiger partial charge in [0.25, 0.3) is 5.56 Å². The highest BCUT2D eigenvalue weighted by molar-refractivity contribution is 5.94. The van der Waals surface area contributed by atoms with Gasteiger partial charge in [-0.2, -0.15) is 0 Å². The third-order valence-electron chi connectivity index (χ3n) is 4.89. The van der Waals surface area contributed by atoms with Gasteiger partial charge in [-0.25, -0.2) is 4.79 Å². The summed E-state index contributed by atoms with van der Waals surface area (Å²) in [6, 6.07) is 12.3. The van der Waals surface area contributed by atoms with Crippen LogP contribution in [-0.2, 0) is 16.8 Å². The van der Waals surface area contributed by atoms with E-state index in [2.05, 4.69) is 12.1 Å². The van der Waals surface area contributed by atoms with Gasteiger partial charge < -0.3 is 9.30 Å². The molecule has 1 fully saturated rings. The molecular formula is C19H19NO3. The Hall–Kier alpha value is -2.36. The number of aromatic nitrogens is 1. The van der Waals surface area contributed by atoms with E-state index in [9.17, 15) is 9.59 Å². The van der Waals surface area contributed by atoms with Crippen LogP contribution in [0.4, 0.5) is 0 Å². The van der Waals surface area contributed by atoms with Crippen LogP contribution >= 0.6 is 0 Å². The molecule has 1 saturated carbocycles. The molecule has 0 saturated heterocycles. The molecule has 0 bridgehead atoms. The van der Waals surface area contributed by atoms with E-state index in [0.717, 1.165) is 24.8 Å². The lowest BCUT2D eigenvalue weighted by molar-refractivity contribution is -0.00292. The highest BCUT2D eigenvalue weighted by atomic mass is 16.6. The lowest BCUT2D eigenvalue weighted by Gasteiger charge is -2.24. The number of hydrogen-bond acceptors (Lipinski definition) is 3. The van der Waals surface area contributed by atoms with E-state index < -0.39 is 11.6 Å². The fourth-order valence-electron chi connectivity index (χ4n) is 3.35. The van der Waals surface area contributed by atoms with Crippen molar-refractivity contribution >= 4 is 5.97 Å². The van der Waals surface area contributed by atoms with Gasteiger partial charge in [-0.05, 0) is 44.2 Å². The van der Waals surface area contributed by atoms with Gasteiger partial charge in [-0.15, -0.1) is 0 Å². The minimum absolute atomic E-state index is 0.196. The zero-order chi connectivity index (χ0) is 16.0. The minimum atomic E-state index is -0.718. The fourth-order valence-corrected chi connectivity index (χ4v) is 3.35. The third-order valence-corrected chi connectivity index (χ3v) is 4.89. The summed E-state index contributed by atoms with van der Waals surface area (Å²) in [4.78, 5) is 24.8. The Morgan fingerprint density at radius 1 is 1.17 bits per heavy atom. The van der Waals surface area contributed by atoms with Crippen molar-refractivity contribution in [2.75, 3.05) is 0 Å². The topological polar surface area (TPSA) is 48.3 Å². The summed E-state index contributed by atoms with van der Waals surface area (Å²) in [5, 5.41) is 0. The van der Waals surface area contributed by atoms with Gasteiger partial charge in [0, 0.05) is 17.8 Å². The summed E-state index contributed by atoms with van der Waals surface area (Å²) in [5.74, 6) is -0.476. The number of cyclic esters (lactones) is 1. The summed E-state index contributed by atoms with van der Waals surface area (Å²) in [6.45, 7) is 1.90. The average Bonchev–Trinajstić information content (AvgIpc) is 3.34. The minimum Gasteiger partial charge on any atom is -0.451 e. The van der Waals surface area contributed by atoms with Crippen LogP contribution in [0.25, 0.3) is 0 Å². The molecule has 0 N–H and O–H groups in total. The van der Waals surface area contributed by atoms with Crippen LogP contribution in [0, 0.1) is 0 Å². The number of carbonyl (C=O) groups excluding carboxylic acids is 1. The highest BCUT2D eigenvalue weighted by Crippen LogP contribution is 2.40. The number of pyridine rings is 1. The molecule has 23 heavy (non-hydrogen) atoms. The Morgan fingerprint density at radius 3 is 2.61 bits per heavy atom. The van der Waals surface area contributed by atoms with Crippen molar-refractivity contribution in [2.45, 2.75) is 44.2 Å². The Bertz CT molecular complexity index is 820. The summed E-state index contributed by atoms with van der Waals surface area (Å²) >= 11 is 0. The number of aryl methyl sites for hydroxylation is 1. The van der Waals surface area contributed by atoms with Gasteiger partial charge in [-0.3, -0.25) is 4.79 Å². The number of fused-ring (bicyclic) bond motifs is 1. The predicted molar refractivity (Wildman–Crippen MR) is 86.5 cm³/mol. The SMILES string of the molecule is CC1(CCc2ccccc2)OC(=O)c2c1ccn(C1CC1)c2=O. The van der Waals surface area contributed by atoms with E-state index in [0.29, 0.717) is 6.42 Å². The number of carbonyl (C=O) groups is 1. The first-order valence-corrected chi connectivity index (χ1v) is 8.11. The molecule has 1 aromatic heterocycles. The van der Waals surface area contributed by atoms with Crippen molar-refractivity contribution in [3.05, 3.63) is 69.6 Å². The van der Waals surface area contributed by atoms with Crippen molar-refractivity contribution in [3.8, 4) is 0 Å². The fraction of sp³-hybridized carbons (Fsp3) is 0.368. The average molecular weight is 309 g/mol.